The van der Waals surface area contributed by atoms with Crippen molar-refractivity contribution in [1.29, 1.82) is 0 Å². The predicted molar refractivity (Wildman–Crippen MR) is 113 cm³/mol. The Balaban J connectivity index is 1.81. The number of carbonyl (C=O) groups is 1. The minimum atomic E-state index is -0.312. The molecule has 1 amide bonds. The molecular weight excluding hydrogens is 375 g/mol. The van der Waals surface area contributed by atoms with Gasteiger partial charge >= 0.3 is 0 Å². The molecule has 1 fully saturated rings. The molecule has 0 saturated carbocycles. The highest BCUT2D eigenvalue weighted by atomic mass is 32.2. The van der Waals surface area contributed by atoms with Crippen LogP contribution in [0.1, 0.15) is 32.3 Å². The topological polar surface area (TPSA) is 41.9 Å². The second-order valence-corrected chi connectivity index (χ2v) is 7.31. The maximum atomic E-state index is 13.1. The minimum Gasteiger partial charge on any atom is -0.494 e. The van der Waals surface area contributed by atoms with E-state index in [1.807, 2.05) is 37.3 Å². The molecule has 6 heteroatoms. The lowest BCUT2D eigenvalue weighted by Crippen LogP contribution is -2.28. The lowest BCUT2D eigenvalue weighted by Gasteiger charge is -2.11. The minimum absolute atomic E-state index is 0.0781. The van der Waals surface area contributed by atoms with Crippen molar-refractivity contribution in [1.82, 2.24) is 4.90 Å². The van der Waals surface area contributed by atoms with Crippen molar-refractivity contribution >= 4 is 34.6 Å². The number of thioether (sulfide) groups is 1. The van der Waals surface area contributed by atoms with Gasteiger partial charge in [0.15, 0.2) is 5.17 Å². The Morgan fingerprint density at radius 3 is 2.68 bits per heavy atom. The van der Waals surface area contributed by atoms with Crippen LogP contribution in [0.4, 0.5) is 10.1 Å². The van der Waals surface area contributed by atoms with Gasteiger partial charge in [-0.2, -0.15) is 0 Å². The summed E-state index contributed by atoms with van der Waals surface area (Å²) in [5.74, 6) is 0.407. The Bertz CT molecular complexity index is 894. The Morgan fingerprint density at radius 1 is 1.18 bits per heavy atom. The molecule has 1 saturated heterocycles. The van der Waals surface area contributed by atoms with Crippen molar-refractivity contribution in [2.45, 2.75) is 26.7 Å². The molecule has 0 aliphatic carbocycles. The van der Waals surface area contributed by atoms with Gasteiger partial charge in [0.25, 0.3) is 5.91 Å². The van der Waals surface area contributed by atoms with Crippen LogP contribution in [0, 0.1) is 5.82 Å². The number of hydrogen-bond acceptors (Lipinski definition) is 4. The third-order valence-electron chi connectivity index (χ3n) is 4.18. The number of carbonyl (C=O) groups excluding carboxylic acids is 1. The van der Waals surface area contributed by atoms with Crippen LogP contribution in [0.15, 0.2) is 58.4 Å². The molecule has 2 aromatic rings. The van der Waals surface area contributed by atoms with Crippen LogP contribution in [-0.2, 0) is 4.79 Å². The molecule has 28 heavy (non-hydrogen) atoms. The highest BCUT2D eigenvalue weighted by molar-refractivity contribution is 8.18. The molecule has 0 spiro atoms. The quantitative estimate of drug-likeness (QED) is 0.448. The van der Waals surface area contributed by atoms with E-state index in [9.17, 15) is 9.18 Å². The Kier molecular flexibility index (Phi) is 6.87. The molecule has 2 aromatic carbocycles. The van der Waals surface area contributed by atoms with E-state index in [1.54, 1.807) is 17.0 Å². The maximum Gasteiger partial charge on any atom is 0.266 e. The van der Waals surface area contributed by atoms with Crippen LogP contribution in [0.2, 0.25) is 0 Å². The van der Waals surface area contributed by atoms with Crippen LogP contribution in [0.5, 0.6) is 5.75 Å². The fraction of sp³-hybridized carbons (Fsp3) is 0.273. The van der Waals surface area contributed by atoms with E-state index < -0.39 is 0 Å². The van der Waals surface area contributed by atoms with Crippen LogP contribution < -0.4 is 4.74 Å². The average Bonchev–Trinajstić information content (AvgIpc) is 2.98. The van der Waals surface area contributed by atoms with Crippen LogP contribution in [0.25, 0.3) is 6.08 Å². The lowest BCUT2D eigenvalue weighted by molar-refractivity contribution is -0.122. The first kappa shape index (κ1) is 20.1. The van der Waals surface area contributed by atoms with Gasteiger partial charge in [0.2, 0.25) is 0 Å². The number of unbranched alkanes of at least 4 members (excludes halogenated alkanes) is 1. The predicted octanol–water partition coefficient (Wildman–Crippen LogP) is 5.63. The van der Waals surface area contributed by atoms with Gasteiger partial charge in [-0.25, -0.2) is 9.38 Å². The Morgan fingerprint density at radius 2 is 1.96 bits per heavy atom. The van der Waals surface area contributed by atoms with Crippen molar-refractivity contribution in [3.63, 3.8) is 0 Å². The molecule has 0 radical (unpaired) electrons. The van der Waals surface area contributed by atoms with Crippen molar-refractivity contribution in [2.24, 2.45) is 4.99 Å². The summed E-state index contributed by atoms with van der Waals surface area (Å²) in [6.45, 7) is 5.23. The number of aliphatic imine (C=N–C) groups is 1. The standard InChI is InChI=1S/C22H23FN2O2S/c1-3-5-13-27-19-8-6-7-16(14-19)15-20-21(26)25(4-2)22(28-20)24-18-11-9-17(23)10-12-18/h6-12,14-15H,3-5,13H2,1-2H3/b20-15+,24-22?. The van der Waals surface area contributed by atoms with Crippen LogP contribution in [0.3, 0.4) is 0 Å². The molecule has 1 aliphatic heterocycles. The molecule has 1 aliphatic rings. The van der Waals surface area contributed by atoms with E-state index >= 15 is 0 Å². The first-order valence-corrected chi connectivity index (χ1v) is 10.2. The van der Waals surface area contributed by atoms with E-state index in [1.165, 1.54) is 23.9 Å². The van der Waals surface area contributed by atoms with Gasteiger partial charge in [0, 0.05) is 6.54 Å². The van der Waals surface area contributed by atoms with Crippen molar-refractivity contribution in [3.05, 3.63) is 64.8 Å². The van der Waals surface area contributed by atoms with E-state index in [0.29, 0.717) is 28.9 Å². The average molecular weight is 399 g/mol. The van der Waals surface area contributed by atoms with Crippen molar-refractivity contribution in [3.8, 4) is 5.75 Å². The highest BCUT2D eigenvalue weighted by Crippen LogP contribution is 2.34. The molecule has 4 nitrogen and oxygen atoms in total. The number of rotatable bonds is 7. The fourth-order valence-electron chi connectivity index (χ4n) is 2.68. The van der Waals surface area contributed by atoms with E-state index in [2.05, 4.69) is 11.9 Å². The summed E-state index contributed by atoms with van der Waals surface area (Å²) >= 11 is 1.33. The first-order chi connectivity index (χ1) is 13.6. The number of halogens is 1. The summed E-state index contributed by atoms with van der Waals surface area (Å²) in [6, 6.07) is 13.6. The molecule has 0 aromatic heterocycles. The van der Waals surface area contributed by atoms with Gasteiger partial charge in [0.1, 0.15) is 11.6 Å². The molecule has 0 unspecified atom stereocenters. The second-order valence-electron chi connectivity index (χ2n) is 6.31. The molecule has 1 heterocycles. The molecule has 3 rings (SSSR count). The number of nitrogens with zero attached hydrogens (tertiary/aromatic N) is 2. The zero-order chi connectivity index (χ0) is 19.9. The molecule has 0 atom stereocenters. The number of hydrogen-bond donors (Lipinski definition) is 0. The van der Waals surface area contributed by atoms with E-state index in [-0.39, 0.29) is 11.7 Å². The van der Waals surface area contributed by atoms with E-state index in [4.69, 9.17) is 4.74 Å². The zero-order valence-corrected chi connectivity index (χ0v) is 16.8. The third kappa shape index (κ3) is 5.01. The monoisotopic (exact) mass is 398 g/mol. The first-order valence-electron chi connectivity index (χ1n) is 9.39. The summed E-state index contributed by atoms with van der Waals surface area (Å²) < 4.78 is 18.8. The SMILES string of the molecule is CCCCOc1cccc(/C=C2/SC(=Nc3ccc(F)cc3)N(CC)C2=O)c1. The normalized spacial score (nSPS) is 17.0. The molecule has 146 valence electrons. The number of likely N-dealkylation sites (N-methyl/N-ethyl adjacent to an activating group) is 1. The summed E-state index contributed by atoms with van der Waals surface area (Å²) in [6.07, 6.45) is 3.95. The van der Waals surface area contributed by atoms with Gasteiger partial charge in [0.05, 0.1) is 17.2 Å². The number of benzene rings is 2. The zero-order valence-electron chi connectivity index (χ0n) is 16.0. The summed E-state index contributed by atoms with van der Waals surface area (Å²) in [5.41, 5.74) is 1.52. The molecule has 0 N–H and O–H groups in total. The summed E-state index contributed by atoms with van der Waals surface area (Å²) in [5, 5.41) is 0.598. The Labute approximate surface area is 169 Å². The summed E-state index contributed by atoms with van der Waals surface area (Å²) in [7, 11) is 0. The number of amidine groups is 1. The maximum absolute atomic E-state index is 13.1. The number of ether oxygens (including phenoxy) is 1. The lowest BCUT2D eigenvalue weighted by atomic mass is 10.2. The van der Waals surface area contributed by atoms with Gasteiger partial charge in [-0.1, -0.05) is 25.5 Å². The van der Waals surface area contributed by atoms with E-state index in [0.717, 1.165) is 24.2 Å². The summed E-state index contributed by atoms with van der Waals surface area (Å²) in [4.78, 5) is 19.5. The Hall–Kier alpha value is -2.60. The number of amides is 1. The molecular formula is C22H23FN2O2S. The van der Waals surface area contributed by atoms with Crippen molar-refractivity contribution < 1.29 is 13.9 Å². The fourth-order valence-corrected chi connectivity index (χ4v) is 3.74. The van der Waals surface area contributed by atoms with Crippen LogP contribution >= 0.6 is 11.8 Å². The van der Waals surface area contributed by atoms with Gasteiger partial charge < -0.3 is 4.74 Å². The second kappa shape index (κ2) is 9.55. The van der Waals surface area contributed by atoms with Crippen molar-refractivity contribution in [2.75, 3.05) is 13.2 Å². The molecule has 0 bridgehead atoms. The van der Waals surface area contributed by atoms with Gasteiger partial charge in [-0.3, -0.25) is 9.69 Å². The van der Waals surface area contributed by atoms with Gasteiger partial charge in [-0.15, -0.1) is 0 Å². The smallest absolute Gasteiger partial charge is 0.266 e. The van der Waals surface area contributed by atoms with Crippen LogP contribution in [-0.4, -0.2) is 29.1 Å². The third-order valence-corrected chi connectivity index (χ3v) is 5.18. The highest BCUT2D eigenvalue weighted by Gasteiger charge is 2.32. The largest absolute Gasteiger partial charge is 0.494 e. The van der Waals surface area contributed by atoms with Gasteiger partial charge in [-0.05, 0) is 73.1 Å².